The predicted molar refractivity (Wildman–Crippen MR) is 103 cm³/mol. The van der Waals surface area contributed by atoms with Gasteiger partial charge in [0.25, 0.3) is 0 Å². The fourth-order valence-corrected chi connectivity index (χ4v) is 3.72. The van der Waals surface area contributed by atoms with E-state index in [1.807, 2.05) is 24.3 Å². The van der Waals surface area contributed by atoms with E-state index in [9.17, 15) is 14.4 Å². The molecule has 2 aromatic rings. The van der Waals surface area contributed by atoms with Crippen molar-refractivity contribution >= 4 is 17.8 Å². The van der Waals surface area contributed by atoms with Crippen LogP contribution in [0, 0.1) is 0 Å². The van der Waals surface area contributed by atoms with E-state index in [4.69, 9.17) is 9.47 Å². The molecule has 0 aromatic heterocycles. The molecule has 146 valence electrons. The molecule has 2 atom stereocenters. The van der Waals surface area contributed by atoms with Crippen LogP contribution in [0.25, 0.3) is 0 Å². The maximum absolute atomic E-state index is 11.6. The van der Waals surface area contributed by atoms with Crippen LogP contribution in [0.1, 0.15) is 62.3 Å². The van der Waals surface area contributed by atoms with Gasteiger partial charge in [-0.15, -0.1) is 0 Å². The molecule has 0 heterocycles. The molecule has 2 aromatic carbocycles. The van der Waals surface area contributed by atoms with Crippen LogP contribution in [-0.4, -0.2) is 17.8 Å². The maximum Gasteiger partial charge on any atom is 0.308 e. The van der Waals surface area contributed by atoms with Crippen LogP contribution in [-0.2, 0) is 14.4 Å². The first-order valence-corrected chi connectivity index (χ1v) is 9.21. The first-order valence-electron chi connectivity index (χ1n) is 9.21. The highest BCUT2D eigenvalue weighted by molar-refractivity contribution is 5.74. The molecule has 28 heavy (non-hydrogen) atoms. The van der Waals surface area contributed by atoms with Gasteiger partial charge < -0.3 is 14.8 Å². The van der Waals surface area contributed by atoms with Crippen LogP contribution in [0.5, 0.6) is 11.5 Å². The average molecular weight is 381 g/mol. The standard InChI is InChI=1S/C22H23NO5/c1-13(24)23-22-11-10-19(16-4-6-17(7-5-16)27-14(2)25)21-12-18(28-15(3)26)8-9-20(21)22/h4-9,12,19,22H,10-11H2,1-3H3,(H,23,24)/t19-,22-/m0/s1. The van der Waals surface area contributed by atoms with Gasteiger partial charge in [-0.25, -0.2) is 0 Å². The van der Waals surface area contributed by atoms with Gasteiger partial charge in [0.15, 0.2) is 0 Å². The summed E-state index contributed by atoms with van der Waals surface area (Å²) >= 11 is 0. The first-order chi connectivity index (χ1) is 13.3. The molecule has 0 aliphatic heterocycles. The van der Waals surface area contributed by atoms with E-state index in [0.717, 1.165) is 29.5 Å². The van der Waals surface area contributed by atoms with Gasteiger partial charge in [-0.3, -0.25) is 14.4 Å². The van der Waals surface area contributed by atoms with Crippen LogP contribution in [0.2, 0.25) is 0 Å². The van der Waals surface area contributed by atoms with Crippen molar-refractivity contribution in [1.29, 1.82) is 0 Å². The zero-order valence-electron chi connectivity index (χ0n) is 16.2. The molecular formula is C22H23NO5. The summed E-state index contributed by atoms with van der Waals surface area (Å²) in [6, 6.07) is 12.9. The van der Waals surface area contributed by atoms with Gasteiger partial charge in [0.1, 0.15) is 11.5 Å². The number of benzene rings is 2. The monoisotopic (exact) mass is 381 g/mol. The van der Waals surface area contributed by atoms with Crippen molar-refractivity contribution in [1.82, 2.24) is 5.32 Å². The summed E-state index contributed by atoms with van der Waals surface area (Å²) in [5.41, 5.74) is 3.11. The van der Waals surface area contributed by atoms with Gasteiger partial charge in [0.05, 0.1) is 6.04 Å². The van der Waals surface area contributed by atoms with Gasteiger partial charge >= 0.3 is 11.9 Å². The lowest BCUT2D eigenvalue weighted by atomic mass is 9.76. The Balaban J connectivity index is 1.97. The third-order valence-corrected chi connectivity index (χ3v) is 4.74. The Bertz CT molecular complexity index is 904. The lowest BCUT2D eigenvalue weighted by molar-refractivity contribution is -0.132. The molecule has 0 saturated carbocycles. The molecule has 0 spiro atoms. The fourth-order valence-electron chi connectivity index (χ4n) is 3.72. The van der Waals surface area contributed by atoms with E-state index in [-0.39, 0.29) is 29.8 Å². The second kappa shape index (κ2) is 8.25. The highest BCUT2D eigenvalue weighted by Crippen LogP contribution is 2.43. The molecule has 1 N–H and O–H groups in total. The van der Waals surface area contributed by atoms with Crippen molar-refractivity contribution in [3.63, 3.8) is 0 Å². The minimum absolute atomic E-state index is 0.0737. The SMILES string of the molecule is CC(=O)N[C@H]1CC[C@@H](c2ccc(OC(C)=O)cc2)c2cc(OC(C)=O)ccc21. The van der Waals surface area contributed by atoms with Gasteiger partial charge in [0.2, 0.25) is 5.91 Å². The van der Waals surface area contributed by atoms with Gasteiger partial charge in [-0.2, -0.15) is 0 Å². The highest BCUT2D eigenvalue weighted by Gasteiger charge is 2.29. The summed E-state index contributed by atoms with van der Waals surface area (Å²) in [5, 5.41) is 3.00. The summed E-state index contributed by atoms with van der Waals surface area (Å²) in [6.07, 6.45) is 1.63. The minimum atomic E-state index is -0.378. The Hall–Kier alpha value is -3.15. The van der Waals surface area contributed by atoms with E-state index in [1.54, 1.807) is 18.2 Å². The van der Waals surface area contributed by atoms with Crippen LogP contribution >= 0.6 is 0 Å². The van der Waals surface area contributed by atoms with Crippen molar-refractivity contribution in [2.75, 3.05) is 0 Å². The second-order valence-corrected chi connectivity index (χ2v) is 6.93. The second-order valence-electron chi connectivity index (χ2n) is 6.93. The van der Waals surface area contributed by atoms with Gasteiger partial charge in [-0.05, 0) is 53.8 Å². The Morgan fingerprint density at radius 2 is 1.43 bits per heavy atom. The van der Waals surface area contributed by atoms with E-state index < -0.39 is 0 Å². The van der Waals surface area contributed by atoms with Gasteiger partial charge in [0, 0.05) is 26.7 Å². The number of fused-ring (bicyclic) bond motifs is 1. The first kappa shape index (κ1) is 19.6. The smallest absolute Gasteiger partial charge is 0.308 e. The van der Waals surface area contributed by atoms with Crippen molar-refractivity contribution < 1.29 is 23.9 Å². The normalized spacial score (nSPS) is 18.0. The zero-order chi connectivity index (χ0) is 20.3. The number of ether oxygens (including phenoxy) is 2. The lowest BCUT2D eigenvalue weighted by Gasteiger charge is -2.32. The Morgan fingerprint density at radius 3 is 2.04 bits per heavy atom. The molecule has 0 saturated heterocycles. The van der Waals surface area contributed by atoms with Crippen molar-refractivity contribution in [3.05, 3.63) is 59.2 Å². The molecule has 1 amide bonds. The van der Waals surface area contributed by atoms with E-state index in [0.29, 0.717) is 11.5 Å². The maximum atomic E-state index is 11.6. The van der Waals surface area contributed by atoms with Crippen LogP contribution in [0.15, 0.2) is 42.5 Å². The zero-order valence-corrected chi connectivity index (χ0v) is 16.2. The van der Waals surface area contributed by atoms with Gasteiger partial charge in [-0.1, -0.05) is 18.2 Å². The third kappa shape index (κ3) is 4.57. The topological polar surface area (TPSA) is 81.7 Å². The van der Waals surface area contributed by atoms with Crippen molar-refractivity contribution in [3.8, 4) is 11.5 Å². The average Bonchev–Trinajstić information content (AvgIpc) is 2.61. The highest BCUT2D eigenvalue weighted by atomic mass is 16.5. The summed E-state index contributed by atoms with van der Waals surface area (Å²) in [4.78, 5) is 34.1. The third-order valence-electron chi connectivity index (χ3n) is 4.74. The number of nitrogens with one attached hydrogen (secondary N) is 1. The molecule has 0 radical (unpaired) electrons. The largest absolute Gasteiger partial charge is 0.427 e. The summed E-state index contributed by atoms with van der Waals surface area (Å²) < 4.78 is 10.4. The summed E-state index contributed by atoms with van der Waals surface area (Å²) in [5.74, 6) is 0.246. The quantitative estimate of drug-likeness (QED) is 0.646. The van der Waals surface area contributed by atoms with E-state index in [2.05, 4.69) is 5.32 Å². The number of esters is 2. The number of rotatable bonds is 4. The fraction of sp³-hybridized carbons (Fsp3) is 0.318. The molecule has 6 nitrogen and oxygen atoms in total. The van der Waals surface area contributed by atoms with Crippen LogP contribution < -0.4 is 14.8 Å². The van der Waals surface area contributed by atoms with Crippen molar-refractivity contribution in [2.45, 2.75) is 45.6 Å². The molecule has 0 fully saturated rings. The summed E-state index contributed by atoms with van der Waals surface area (Å²) in [7, 11) is 0. The molecule has 6 heteroatoms. The number of amides is 1. The molecule has 0 unspecified atom stereocenters. The van der Waals surface area contributed by atoms with Crippen molar-refractivity contribution in [2.24, 2.45) is 0 Å². The molecular weight excluding hydrogens is 358 g/mol. The lowest BCUT2D eigenvalue weighted by Crippen LogP contribution is -2.30. The van der Waals surface area contributed by atoms with E-state index >= 15 is 0 Å². The number of hydrogen-bond acceptors (Lipinski definition) is 5. The summed E-state index contributed by atoms with van der Waals surface area (Å²) in [6.45, 7) is 4.24. The number of hydrogen-bond donors (Lipinski definition) is 1. The van der Waals surface area contributed by atoms with E-state index in [1.165, 1.54) is 20.8 Å². The Kier molecular flexibility index (Phi) is 5.78. The number of carbonyl (C=O) groups is 3. The molecule has 3 rings (SSSR count). The molecule has 0 bridgehead atoms. The minimum Gasteiger partial charge on any atom is -0.427 e. The van der Waals surface area contributed by atoms with Crippen LogP contribution in [0.3, 0.4) is 0 Å². The van der Waals surface area contributed by atoms with Crippen LogP contribution in [0.4, 0.5) is 0 Å². The Morgan fingerprint density at radius 1 is 0.821 bits per heavy atom. The number of carbonyl (C=O) groups excluding carboxylic acids is 3. The Labute approximate surface area is 163 Å². The molecule has 1 aliphatic carbocycles. The molecule has 1 aliphatic rings. The predicted octanol–water partition coefficient (Wildman–Crippen LogP) is 3.64.